The fourth-order valence-corrected chi connectivity index (χ4v) is 3.82. The third-order valence-corrected chi connectivity index (χ3v) is 5.83. The molecule has 0 aliphatic carbocycles. The first-order valence-electron chi connectivity index (χ1n) is 5.97. The molecule has 0 radical (unpaired) electrons. The highest BCUT2D eigenvalue weighted by Gasteiger charge is 2.37. The van der Waals surface area contributed by atoms with Crippen LogP contribution in [0.25, 0.3) is 0 Å². The molecule has 106 valence electrons. The SMILES string of the molecule is O=S(=O)([C@H](Cl)[C@@H](O)c1ccccc1)N1CCOCC1. The molecule has 0 unspecified atom stereocenters. The number of nitrogens with zero attached hydrogens (tertiary/aromatic N) is 1. The van der Waals surface area contributed by atoms with Gasteiger partial charge < -0.3 is 9.84 Å². The van der Waals surface area contributed by atoms with Crippen molar-refractivity contribution in [1.82, 2.24) is 4.31 Å². The number of aliphatic hydroxyl groups excluding tert-OH is 1. The minimum atomic E-state index is -3.74. The highest BCUT2D eigenvalue weighted by molar-refractivity contribution is 7.91. The van der Waals surface area contributed by atoms with Gasteiger partial charge in [0.2, 0.25) is 10.0 Å². The van der Waals surface area contributed by atoms with E-state index in [9.17, 15) is 13.5 Å². The van der Waals surface area contributed by atoms with Gasteiger partial charge in [-0.1, -0.05) is 30.3 Å². The molecule has 2 atom stereocenters. The Hall–Kier alpha value is -0.660. The van der Waals surface area contributed by atoms with Gasteiger partial charge in [-0.2, -0.15) is 4.31 Å². The lowest BCUT2D eigenvalue weighted by atomic mass is 10.1. The maximum atomic E-state index is 12.3. The zero-order valence-corrected chi connectivity index (χ0v) is 11.8. The highest BCUT2D eigenvalue weighted by atomic mass is 35.5. The maximum Gasteiger partial charge on any atom is 0.234 e. The molecule has 0 bridgehead atoms. The molecule has 1 aromatic carbocycles. The number of hydrogen-bond donors (Lipinski definition) is 1. The fraction of sp³-hybridized carbons (Fsp3) is 0.500. The Morgan fingerprint density at radius 1 is 1.21 bits per heavy atom. The molecule has 1 aromatic rings. The van der Waals surface area contributed by atoms with Crippen LogP contribution in [0.5, 0.6) is 0 Å². The Kier molecular flexibility index (Phi) is 4.81. The number of sulfonamides is 1. The summed E-state index contributed by atoms with van der Waals surface area (Å²) in [5.41, 5.74) is 0.485. The number of hydrogen-bond acceptors (Lipinski definition) is 4. The quantitative estimate of drug-likeness (QED) is 0.841. The van der Waals surface area contributed by atoms with Crippen molar-refractivity contribution < 1.29 is 18.3 Å². The number of benzene rings is 1. The Morgan fingerprint density at radius 3 is 2.37 bits per heavy atom. The normalized spacial score (nSPS) is 20.9. The first kappa shape index (κ1) is 14.7. The van der Waals surface area contributed by atoms with Gasteiger partial charge in [-0.25, -0.2) is 8.42 Å². The van der Waals surface area contributed by atoms with Crippen LogP contribution >= 0.6 is 11.6 Å². The number of aliphatic hydroxyl groups is 1. The molecular weight excluding hydrogens is 290 g/mol. The summed E-state index contributed by atoms with van der Waals surface area (Å²) in [6.07, 6.45) is -1.25. The van der Waals surface area contributed by atoms with Gasteiger partial charge in [-0.3, -0.25) is 0 Å². The smallest absolute Gasteiger partial charge is 0.234 e. The third kappa shape index (κ3) is 3.27. The van der Waals surface area contributed by atoms with Gasteiger partial charge in [0.25, 0.3) is 0 Å². The molecule has 2 rings (SSSR count). The largest absolute Gasteiger partial charge is 0.386 e. The van der Waals surface area contributed by atoms with Gasteiger partial charge in [-0.15, -0.1) is 11.6 Å². The third-order valence-electron chi connectivity index (χ3n) is 3.00. The molecule has 1 N–H and O–H groups in total. The van der Waals surface area contributed by atoms with Crippen LogP contribution in [-0.4, -0.2) is 48.8 Å². The number of morpholine rings is 1. The topological polar surface area (TPSA) is 66.8 Å². The van der Waals surface area contributed by atoms with Crippen LogP contribution in [0, 0.1) is 0 Å². The van der Waals surface area contributed by atoms with Crippen molar-refractivity contribution in [2.24, 2.45) is 0 Å². The predicted octanol–water partition coefficient (Wildman–Crippen LogP) is 0.947. The van der Waals surface area contributed by atoms with Crippen LogP contribution in [0.15, 0.2) is 30.3 Å². The van der Waals surface area contributed by atoms with Crippen LogP contribution in [0.1, 0.15) is 11.7 Å². The molecule has 7 heteroatoms. The van der Waals surface area contributed by atoms with Crippen LogP contribution in [0.3, 0.4) is 0 Å². The van der Waals surface area contributed by atoms with E-state index < -0.39 is 20.8 Å². The molecule has 5 nitrogen and oxygen atoms in total. The highest BCUT2D eigenvalue weighted by Crippen LogP contribution is 2.27. The van der Waals surface area contributed by atoms with Crippen molar-refractivity contribution in [1.29, 1.82) is 0 Å². The van der Waals surface area contributed by atoms with Crippen molar-refractivity contribution in [3.05, 3.63) is 35.9 Å². The van der Waals surface area contributed by atoms with Crippen LogP contribution in [0.2, 0.25) is 0 Å². The number of alkyl halides is 1. The molecular formula is C12H16ClNO4S. The molecule has 19 heavy (non-hydrogen) atoms. The van der Waals surface area contributed by atoms with Crippen molar-refractivity contribution >= 4 is 21.6 Å². The lowest BCUT2D eigenvalue weighted by Crippen LogP contribution is -2.45. The van der Waals surface area contributed by atoms with E-state index in [0.717, 1.165) is 0 Å². The standard InChI is InChI=1S/C12H16ClNO4S/c13-12(11(15)10-4-2-1-3-5-10)19(16,17)14-6-8-18-9-7-14/h1-5,11-12,15H,6-9H2/t11-,12-/m0/s1. The number of ether oxygens (including phenoxy) is 1. The van der Waals surface area contributed by atoms with Gasteiger partial charge in [0.1, 0.15) is 6.10 Å². The van der Waals surface area contributed by atoms with Crippen molar-refractivity contribution in [2.45, 2.75) is 10.8 Å². The Morgan fingerprint density at radius 2 is 1.79 bits per heavy atom. The van der Waals surface area contributed by atoms with E-state index in [4.69, 9.17) is 16.3 Å². The zero-order chi connectivity index (χ0) is 13.9. The van der Waals surface area contributed by atoms with Crippen LogP contribution in [-0.2, 0) is 14.8 Å². The molecule has 1 fully saturated rings. The van der Waals surface area contributed by atoms with Gasteiger partial charge >= 0.3 is 0 Å². The fourth-order valence-electron chi connectivity index (χ4n) is 1.91. The second-order valence-electron chi connectivity index (χ2n) is 4.26. The van der Waals surface area contributed by atoms with Gasteiger partial charge in [-0.05, 0) is 5.56 Å². The van der Waals surface area contributed by atoms with E-state index in [1.807, 2.05) is 0 Å². The molecule has 1 saturated heterocycles. The summed E-state index contributed by atoms with van der Waals surface area (Å²) < 4.78 is 29.5. The van der Waals surface area contributed by atoms with Gasteiger partial charge in [0.05, 0.1) is 13.2 Å². The molecule has 1 heterocycles. The molecule has 0 aromatic heterocycles. The summed E-state index contributed by atoms with van der Waals surface area (Å²) in [4.78, 5) is 0. The summed E-state index contributed by atoms with van der Waals surface area (Å²) >= 11 is 5.97. The van der Waals surface area contributed by atoms with Crippen LogP contribution in [0.4, 0.5) is 0 Å². The molecule has 0 saturated carbocycles. The zero-order valence-electron chi connectivity index (χ0n) is 10.3. The lowest BCUT2D eigenvalue weighted by Gasteiger charge is -2.29. The summed E-state index contributed by atoms with van der Waals surface area (Å²) in [6.45, 7) is 1.24. The molecule has 1 aliphatic rings. The number of rotatable bonds is 4. The van der Waals surface area contributed by atoms with E-state index in [2.05, 4.69) is 0 Å². The van der Waals surface area contributed by atoms with Crippen molar-refractivity contribution in [3.8, 4) is 0 Å². The minimum absolute atomic E-state index is 0.271. The minimum Gasteiger partial charge on any atom is -0.386 e. The summed E-state index contributed by atoms with van der Waals surface area (Å²) in [5.74, 6) is 0. The first-order chi connectivity index (χ1) is 9.03. The summed E-state index contributed by atoms with van der Waals surface area (Å²) in [7, 11) is -3.74. The predicted molar refractivity (Wildman–Crippen MR) is 72.4 cm³/mol. The average Bonchev–Trinajstić information content (AvgIpc) is 2.47. The van der Waals surface area contributed by atoms with E-state index in [1.54, 1.807) is 30.3 Å². The summed E-state index contributed by atoms with van der Waals surface area (Å²) in [5, 5.41) is 10.1. The van der Waals surface area contributed by atoms with Crippen LogP contribution < -0.4 is 0 Å². The average molecular weight is 306 g/mol. The molecule has 0 spiro atoms. The monoisotopic (exact) mass is 305 g/mol. The van der Waals surface area contributed by atoms with E-state index in [1.165, 1.54) is 4.31 Å². The van der Waals surface area contributed by atoms with E-state index in [0.29, 0.717) is 18.8 Å². The van der Waals surface area contributed by atoms with E-state index >= 15 is 0 Å². The molecule has 1 aliphatic heterocycles. The maximum absolute atomic E-state index is 12.3. The Bertz CT molecular complexity index is 502. The molecule has 0 amide bonds. The Balaban J connectivity index is 2.15. The van der Waals surface area contributed by atoms with Crippen molar-refractivity contribution in [2.75, 3.05) is 26.3 Å². The van der Waals surface area contributed by atoms with Crippen molar-refractivity contribution in [3.63, 3.8) is 0 Å². The number of halogens is 1. The Labute approximate surface area is 117 Å². The first-order valence-corrected chi connectivity index (χ1v) is 7.91. The second-order valence-corrected chi connectivity index (χ2v) is 7.05. The second kappa shape index (κ2) is 6.19. The summed E-state index contributed by atoms with van der Waals surface area (Å²) in [6, 6.07) is 8.53. The van der Waals surface area contributed by atoms with E-state index in [-0.39, 0.29) is 13.1 Å². The van der Waals surface area contributed by atoms with Gasteiger partial charge in [0.15, 0.2) is 4.71 Å². The van der Waals surface area contributed by atoms with Gasteiger partial charge in [0, 0.05) is 13.1 Å². The lowest BCUT2D eigenvalue weighted by molar-refractivity contribution is 0.0719.